The van der Waals surface area contributed by atoms with Gasteiger partial charge in [0.25, 0.3) is 5.56 Å². The number of aromatic nitrogens is 5. The Morgan fingerprint density at radius 3 is 2.49 bits per heavy atom. The largest absolute Gasteiger partial charge is 0.497 e. The number of pyridine rings is 1. The molecule has 0 amide bonds. The molecule has 0 aliphatic rings. The quantitative estimate of drug-likeness (QED) is 0.397. The Kier molecular flexibility index (Phi) is 7.03. The minimum atomic E-state index is -0.268. The number of hydrogen-bond donors (Lipinski definition) is 1. The Balaban J connectivity index is 1.76. The van der Waals surface area contributed by atoms with E-state index in [-0.39, 0.29) is 17.1 Å². The molecule has 0 saturated carbocycles. The number of ether oxygens (including phenoxy) is 1. The van der Waals surface area contributed by atoms with Gasteiger partial charge in [0.1, 0.15) is 5.75 Å². The summed E-state index contributed by atoms with van der Waals surface area (Å²) < 4.78 is 7.21. The van der Waals surface area contributed by atoms with Gasteiger partial charge in [-0.2, -0.15) is 0 Å². The van der Waals surface area contributed by atoms with Crippen molar-refractivity contribution in [3.8, 4) is 5.75 Å². The first-order chi connectivity index (χ1) is 16.7. The molecule has 2 aromatic heterocycles. The van der Waals surface area contributed by atoms with E-state index in [1.807, 2.05) is 35.9 Å². The van der Waals surface area contributed by atoms with Crippen LogP contribution in [-0.4, -0.2) is 37.2 Å². The molecule has 0 aliphatic heterocycles. The molecular weight excluding hydrogens is 440 g/mol. The minimum Gasteiger partial charge on any atom is -0.497 e. The van der Waals surface area contributed by atoms with Crippen LogP contribution in [0.3, 0.4) is 0 Å². The number of rotatable bonds is 8. The molecule has 0 bridgehead atoms. The van der Waals surface area contributed by atoms with Gasteiger partial charge in [0.15, 0.2) is 5.82 Å². The third-order valence-electron chi connectivity index (χ3n) is 6.25. The van der Waals surface area contributed by atoms with E-state index in [4.69, 9.17) is 4.74 Å². The van der Waals surface area contributed by atoms with Gasteiger partial charge in [-0.25, -0.2) is 4.68 Å². The average molecular weight is 475 g/mol. The van der Waals surface area contributed by atoms with Crippen molar-refractivity contribution in [2.45, 2.75) is 65.7 Å². The van der Waals surface area contributed by atoms with Gasteiger partial charge in [-0.1, -0.05) is 31.2 Å². The van der Waals surface area contributed by atoms with Gasteiger partial charge in [0.2, 0.25) is 0 Å². The highest BCUT2D eigenvalue weighted by Crippen LogP contribution is 2.29. The van der Waals surface area contributed by atoms with E-state index in [1.54, 1.807) is 7.11 Å². The molecule has 0 spiro atoms. The van der Waals surface area contributed by atoms with E-state index in [2.05, 4.69) is 77.4 Å². The zero-order valence-corrected chi connectivity index (χ0v) is 21.4. The maximum atomic E-state index is 13.1. The first-order valence-corrected chi connectivity index (χ1v) is 12.0. The normalized spacial score (nSPS) is 12.9. The summed E-state index contributed by atoms with van der Waals surface area (Å²) >= 11 is 0. The number of nitrogens with zero attached hydrogens (tertiary/aromatic N) is 5. The summed E-state index contributed by atoms with van der Waals surface area (Å²) in [6.45, 7) is 11.5. The molecule has 1 atom stereocenters. The highest BCUT2D eigenvalue weighted by atomic mass is 16.5. The van der Waals surface area contributed by atoms with Crippen molar-refractivity contribution in [3.05, 3.63) is 81.4 Å². The maximum Gasteiger partial charge on any atom is 0.252 e. The van der Waals surface area contributed by atoms with Crippen LogP contribution < -0.4 is 10.3 Å². The lowest BCUT2D eigenvalue weighted by Gasteiger charge is -2.32. The molecule has 4 rings (SSSR count). The number of methoxy groups -OCH3 is 1. The van der Waals surface area contributed by atoms with Gasteiger partial charge in [-0.15, -0.1) is 5.10 Å². The van der Waals surface area contributed by atoms with Crippen LogP contribution in [0.15, 0.2) is 53.3 Å². The van der Waals surface area contributed by atoms with Crippen molar-refractivity contribution in [1.82, 2.24) is 30.1 Å². The number of nitrogens with one attached hydrogen (secondary N) is 1. The maximum absolute atomic E-state index is 13.1. The van der Waals surface area contributed by atoms with Crippen LogP contribution >= 0.6 is 0 Å². The SMILES string of the molecule is CC[C@H](c1nnnn1C(C)(C)C)N(Cc1ccc(OC)cc1)Cc1cc2ccc(C)cc2[nH]c1=O. The van der Waals surface area contributed by atoms with Crippen LogP contribution in [0.5, 0.6) is 5.75 Å². The van der Waals surface area contributed by atoms with Crippen molar-refractivity contribution in [1.29, 1.82) is 0 Å². The number of tetrazole rings is 1. The van der Waals surface area contributed by atoms with Gasteiger partial charge in [-0.3, -0.25) is 9.69 Å². The van der Waals surface area contributed by atoms with Crippen molar-refractivity contribution < 1.29 is 4.74 Å². The Morgan fingerprint density at radius 2 is 1.83 bits per heavy atom. The van der Waals surface area contributed by atoms with Crippen LogP contribution in [-0.2, 0) is 18.6 Å². The second kappa shape index (κ2) is 10.00. The van der Waals surface area contributed by atoms with E-state index in [0.717, 1.165) is 40.0 Å². The Hall–Kier alpha value is -3.52. The van der Waals surface area contributed by atoms with E-state index >= 15 is 0 Å². The zero-order chi connectivity index (χ0) is 25.2. The highest BCUT2D eigenvalue weighted by molar-refractivity contribution is 5.79. The summed E-state index contributed by atoms with van der Waals surface area (Å²) in [4.78, 5) is 18.4. The summed E-state index contributed by atoms with van der Waals surface area (Å²) in [5.41, 5.74) is 3.45. The number of hydrogen-bond acceptors (Lipinski definition) is 6. The molecule has 0 radical (unpaired) electrons. The third-order valence-corrected chi connectivity index (χ3v) is 6.25. The van der Waals surface area contributed by atoms with Gasteiger partial charge in [0, 0.05) is 24.2 Å². The van der Waals surface area contributed by atoms with Gasteiger partial charge in [-0.05, 0) is 85.3 Å². The average Bonchev–Trinajstić information content (AvgIpc) is 3.31. The van der Waals surface area contributed by atoms with E-state index < -0.39 is 0 Å². The van der Waals surface area contributed by atoms with Crippen molar-refractivity contribution >= 4 is 10.9 Å². The second-order valence-corrected chi connectivity index (χ2v) is 10.0. The van der Waals surface area contributed by atoms with Crippen molar-refractivity contribution in [3.63, 3.8) is 0 Å². The fourth-order valence-corrected chi connectivity index (χ4v) is 4.42. The summed E-state index contributed by atoms with van der Waals surface area (Å²) in [5, 5.41) is 13.7. The molecule has 8 nitrogen and oxygen atoms in total. The zero-order valence-electron chi connectivity index (χ0n) is 21.4. The van der Waals surface area contributed by atoms with E-state index in [0.29, 0.717) is 18.7 Å². The number of benzene rings is 2. The van der Waals surface area contributed by atoms with Gasteiger partial charge >= 0.3 is 0 Å². The third kappa shape index (κ3) is 5.43. The molecule has 0 aliphatic carbocycles. The fourth-order valence-electron chi connectivity index (χ4n) is 4.42. The smallest absolute Gasteiger partial charge is 0.252 e. The van der Waals surface area contributed by atoms with Crippen LogP contribution in [0, 0.1) is 6.92 Å². The first kappa shape index (κ1) is 24.6. The molecular formula is C27H34N6O2. The lowest BCUT2D eigenvalue weighted by Crippen LogP contribution is -2.35. The predicted molar refractivity (Wildman–Crippen MR) is 137 cm³/mol. The molecule has 2 aromatic carbocycles. The Bertz CT molecular complexity index is 1350. The fraction of sp³-hybridized carbons (Fsp3) is 0.407. The van der Waals surface area contributed by atoms with Crippen molar-refractivity contribution in [2.75, 3.05) is 7.11 Å². The molecule has 35 heavy (non-hydrogen) atoms. The monoisotopic (exact) mass is 474 g/mol. The first-order valence-electron chi connectivity index (χ1n) is 12.0. The van der Waals surface area contributed by atoms with Gasteiger partial charge in [0.05, 0.1) is 18.7 Å². The van der Waals surface area contributed by atoms with Crippen LogP contribution in [0.4, 0.5) is 0 Å². The molecule has 0 fully saturated rings. The van der Waals surface area contributed by atoms with Crippen LogP contribution in [0.1, 0.15) is 62.7 Å². The van der Waals surface area contributed by atoms with E-state index in [1.165, 1.54) is 0 Å². The molecule has 0 saturated heterocycles. The summed E-state index contributed by atoms with van der Waals surface area (Å²) in [6.07, 6.45) is 0.789. The van der Waals surface area contributed by atoms with Crippen LogP contribution in [0.2, 0.25) is 0 Å². The highest BCUT2D eigenvalue weighted by Gasteiger charge is 2.29. The number of aromatic amines is 1. The second-order valence-electron chi connectivity index (χ2n) is 10.0. The lowest BCUT2D eigenvalue weighted by molar-refractivity contribution is 0.153. The molecule has 0 unspecified atom stereocenters. The van der Waals surface area contributed by atoms with Gasteiger partial charge < -0.3 is 9.72 Å². The summed E-state index contributed by atoms with van der Waals surface area (Å²) in [7, 11) is 1.66. The molecule has 4 aromatic rings. The standard InChI is InChI=1S/C27H34N6O2/c1-7-24(25-29-30-31-33(25)27(3,4)5)32(16-19-9-12-22(35-6)13-10-19)17-21-15-20-11-8-18(2)14-23(20)28-26(21)34/h8-15,24H,7,16-17H2,1-6H3,(H,28,34)/t24-/m1/s1. The summed E-state index contributed by atoms with van der Waals surface area (Å²) in [6, 6.07) is 16.0. The topological polar surface area (TPSA) is 88.9 Å². The number of H-pyrrole nitrogens is 1. The van der Waals surface area contributed by atoms with E-state index in [9.17, 15) is 4.79 Å². The number of fused-ring (bicyclic) bond motifs is 1. The molecule has 2 heterocycles. The van der Waals surface area contributed by atoms with Crippen LogP contribution in [0.25, 0.3) is 10.9 Å². The Labute approximate surface area is 205 Å². The lowest BCUT2D eigenvalue weighted by atomic mass is 10.0. The number of aryl methyl sites for hydroxylation is 1. The molecule has 184 valence electrons. The Morgan fingerprint density at radius 1 is 1.09 bits per heavy atom. The molecule has 8 heteroatoms. The van der Waals surface area contributed by atoms with Crippen molar-refractivity contribution in [2.24, 2.45) is 0 Å². The minimum absolute atomic E-state index is 0.0758. The predicted octanol–water partition coefficient (Wildman–Crippen LogP) is 4.74. The molecule has 1 N–H and O–H groups in total. The summed E-state index contributed by atoms with van der Waals surface area (Å²) in [5.74, 6) is 1.60.